The van der Waals surface area contributed by atoms with E-state index in [1.54, 1.807) is 46.9 Å². The zero-order valence-corrected chi connectivity index (χ0v) is 17.7. The number of nitrogens with one attached hydrogen (secondary N) is 1. The van der Waals surface area contributed by atoms with Gasteiger partial charge in [0, 0.05) is 15.5 Å². The van der Waals surface area contributed by atoms with Gasteiger partial charge in [0.25, 0.3) is 5.91 Å². The molecule has 0 aliphatic heterocycles. The fraction of sp³-hybridized carbons (Fsp3) is 0.143. The molecular weight excluding hydrogens is 412 g/mol. The first-order valence-corrected chi connectivity index (χ1v) is 10.7. The molecule has 28 heavy (non-hydrogen) atoms. The van der Waals surface area contributed by atoms with Gasteiger partial charge in [-0.25, -0.2) is 4.98 Å². The predicted octanol–water partition coefficient (Wildman–Crippen LogP) is 6.31. The van der Waals surface area contributed by atoms with E-state index in [2.05, 4.69) is 25.2 Å². The van der Waals surface area contributed by atoms with Crippen molar-refractivity contribution in [3.05, 3.63) is 64.0 Å². The lowest BCUT2D eigenvalue weighted by Crippen LogP contribution is -2.19. The molecule has 4 rings (SSSR count). The number of para-hydroxylation sites is 1. The van der Waals surface area contributed by atoms with Crippen molar-refractivity contribution < 1.29 is 9.53 Å². The summed E-state index contributed by atoms with van der Waals surface area (Å²) in [6, 6.07) is 15.0. The van der Waals surface area contributed by atoms with E-state index in [0.717, 1.165) is 36.2 Å². The van der Waals surface area contributed by atoms with Gasteiger partial charge < -0.3 is 10.1 Å². The van der Waals surface area contributed by atoms with Gasteiger partial charge in [-0.1, -0.05) is 23.7 Å². The second-order valence-electron chi connectivity index (χ2n) is 6.26. The molecule has 1 amide bonds. The first-order chi connectivity index (χ1) is 13.5. The summed E-state index contributed by atoms with van der Waals surface area (Å²) in [5.74, 6) is 0.392. The van der Waals surface area contributed by atoms with Gasteiger partial charge >= 0.3 is 0 Å². The van der Waals surface area contributed by atoms with Crippen molar-refractivity contribution in [2.24, 2.45) is 0 Å². The number of thiophene rings is 1. The molecular formula is C21H17ClN2O2S2. The van der Waals surface area contributed by atoms with E-state index in [0.29, 0.717) is 10.8 Å². The highest BCUT2D eigenvalue weighted by molar-refractivity contribution is 7.22. The average molecular weight is 429 g/mol. The number of ether oxygens (including phenoxy) is 1. The van der Waals surface area contributed by atoms with Gasteiger partial charge in [0.05, 0.1) is 10.2 Å². The molecule has 0 unspecified atom stereocenters. The summed E-state index contributed by atoms with van der Waals surface area (Å²) < 4.78 is 6.68. The summed E-state index contributed by atoms with van der Waals surface area (Å²) in [5.41, 5.74) is 3.09. The van der Waals surface area contributed by atoms with E-state index in [1.807, 2.05) is 18.2 Å². The number of fused-ring (bicyclic) bond motifs is 1. The van der Waals surface area contributed by atoms with Crippen molar-refractivity contribution in [1.82, 2.24) is 4.98 Å². The average Bonchev–Trinajstić information content (AvgIpc) is 3.22. The maximum atomic E-state index is 12.5. The molecule has 0 radical (unpaired) electrons. The zero-order valence-electron chi connectivity index (χ0n) is 15.3. The molecule has 0 saturated heterocycles. The van der Waals surface area contributed by atoms with E-state index < -0.39 is 0 Å². The zero-order chi connectivity index (χ0) is 19.7. The smallest absolute Gasteiger partial charge is 0.262 e. The number of hydrogen-bond donors (Lipinski definition) is 1. The number of nitrogens with zero attached hydrogens (tertiary/aromatic N) is 1. The summed E-state index contributed by atoms with van der Waals surface area (Å²) >= 11 is 9.06. The van der Waals surface area contributed by atoms with Gasteiger partial charge in [-0.05, 0) is 55.8 Å². The molecule has 2 heterocycles. The van der Waals surface area contributed by atoms with Crippen molar-refractivity contribution >= 4 is 55.4 Å². The Hall–Kier alpha value is -2.41. The fourth-order valence-corrected chi connectivity index (χ4v) is 5.14. The summed E-state index contributed by atoms with van der Waals surface area (Å²) in [6.45, 7) is 4.04. The molecule has 0 spiro atoms. The van der Waals surface area contributed by atoms with Crippen LogP contribution in [0.25, 0.3) is 20.8 Å². The highest BCUT2D eigenvalue weighted by atomic mass is 35.5. The molecule has 0 saturated carbocycles. The minimum atomic E-state index is -0.210. The number of carbonyl (C=O) groups excluding carboxylic acids is 1. The van der Waals surface area contributed by atoms with E-state index in [9.17, 15) is 4.79 Å². The normalized spacial score (nSPS) is 11.0. The van der Waals surface area contributed by atoms with Crippen molar-refractivity contribution in [1.29, 1.82) is 0 Å². The second-order valence-corrected chi connectivity index (χ2v) is 8.96. The number of carbonyl (C=O) groups is 1. The monoisotopic (exact) mass is 428 g/mol. The quantitative estimate of drug-likeness (QED) is 0.405. The predicted molar refractivity (Wildman–Crippen MR) is 118 cm³/mol. The van der Waals surface area contributed by atoms with Crippen LogP contribution in [-0.2, 0) is 4.79 Å². The molecule has 0 bridgehead atoms. The first kappa shape index (κ1) is 18.9. The number of aryl methyl sites for hydroxylation is 1. The molecule has 1 N–H and O–H groups in total. The van der Waals surface area contributed by atoms with Gasteiger partial charge in [0.1, 0.15) is 15.8 Å². The topological polar surface area (TPSA) is 51.2 Å². The van der Waals surface area contributed by atoms with Crippen LogP contribution in [-0.4, -0.2) is 17.5 Å². The van der Waals surface area contributed by atoms with Gasteiger partial charge in [0.15, 0.2) is 6.61 Å². The Balaban J connectivity index is 1.55. The third-order valence-corrected chi connectivity index (χ3v) is 6.76. The van der Waals surface area contributed by atoms with Crippen LogP contribution in [0.1, 0.15) is 10.4 Å². The van der Waals surface area contributed by atoms with E-state index >= 15 is 0 Å². The van der Waals surface area contributed by atoms with Gasteiger partial charge in [-0.3, -0.25) is 4.79 Å². The number of anilines is 1. The number of benzene rings is 2. The molecule has 4 nitrogen and oxygen atoms in total. The third-order valence-electron chi connectivity index (χ3n) is 4.33. The molecule has 2 aromatic carbocycles. The number of halogens is 1. The Morgan fingerprint density at radius 2 is 1.86 bits per heavy atom. The van der Waals surface area contributed by atoms with Crippen LogP contribution in [0.2, 0.25) is 5.02 Å². The lowest BCUT2D eigenvalue weighted by molar-refractivity contribution is -0.118. The maximum Gasteiger partial charge on any atom is 0.262 e. The van der Waals surface area contributed by atoms with Crippen molar-refractivity contribution in [3.63, 3.8) is 0 Å². The summed E-state index contributed by atoms with van der Waals surface area (Å²) in [5, 5.41) is 5.34. The van der Waals surface area contributed by atoms with Gasteiger partial charge in [-0.2, -0.15) is 0 Å². The van der Waals surface area contributed by atoms with Crippen LogP contribution in [0.15, 0.2) is 48.5 Å². The largest absolute Gasteiger partial charge is 0.484 e. The Labute approximate surface area is 175 Å². The molecule has 0 atom stereocenters. The van der Waals surface area contributed by atoms with Crippen LogP contribution in [0.4, 0.5) is 5.00 Å². The van der Waals surface area contributed by atoms with Gasteiger partial charge in [0.2, 0.25) is 0 Å². The van der Waals surface area contributed by atoms with E-state index in [1.165, 1.54) is 0 Å². The molecule has 4 aromatic rings. The lowest BCUT2D eigenvalue weighted by atomic mass is 10.1. The van der Waals surface area contributed by atoms with Crippen LogP contribution in [0, 0.1) is 13.8 Å². The minimum Gasteiger partial charge on any atom is -0.484 e. The molecule has 2 aromatic heterocycles. The number of amides is 1. The molecule has 142 valence electrons. The van der Waals surface area contributed by atoms with Crippen LogP contribution in [0.3, 0.4) is 0 Å². The highest BCUT2D eigenvalue weighted by Crippen LogP contribution is 2.42. The van der Waals surface area contributed by atoms with Crippen molar-refractivity contribution in [3.8, 4) is 16.3 Å². The maximum absolute atomic E-state index is 12.5. The summed E-state index contributed by atoms with van der Waals surface area (Å²) in [6.07, 6.45) is 0. The number of thiazole rings is 1. The molecule has 0 aliphatic carbocycles. The van der Waals surface area contributed by atoms with E-state index in [4.69, 9.17) is 21.3 Å². The standard InChI is InChI=1S/C21H17ClN2O2S2/c1-12-13(2)27-21(19(12)20-23-16-5-3-4-6-17(16)28-20)24-18(25)11-26-15-9-7-14(22)8-10-15/h3-10H,11H2,1-2H3,(H,24,25). The number of rotatable bonds is 5. The minimum absolute atomic E-state index is 0.0725. The molecule has 0 fully saturated rings. The number of aromatic nitrogens is 1. The van der Waals surface area contributed by atoms with Crippen LogP contribution >= 0.6 is 34.3 Å². The summed E-state index contributed by atoms with van der Waals surface area (Å²) in [7, 11) is 0. The second kappa shape index (κ2) is 7.91. The lowest BCUT2D eigenvalue weighted by Gasteiger charge is -2.08. The Bertz CT molecular complexity index is 1120. The number of hydrogen-bond acceptors (Lipinski definition) is 5. The summed E-state index contributed by atoms with van der Waals surface area (Å²) in [4.78, 5) is 18.4. The van der Waals surface area contributed by atoms with Crippen molar-refractivity contribution in [2.45, 2.75) is 13.8 Å². The molecule has 7 heteroatoms. The first-order valence-electron chi connectivity index (χ1n) is 8.65. The highest BCUT2D eigenvalue weighted by Gasteiger charge is 2.19. The Morgan fingerprint density at radius 3 is 2.61 bits per heavy atom. The SMILES string of the molecule is Cc1sc(NC(=O)COc2ccc(Cl)cc2)c(-c2nc3ccccc3s2)c1C. The van der Waals surface area contributed by atoms with Crippen molar-refractivity contribution in [2.75, 3.05) is 11.9 Å². The third kappa shape index (κ3) is 3.90. The van der Waals surface area contributed by atoms with Crippen LogP contribution < -0.4 is 10.1 Å². The molecule has 0 aliphatic rings. The Morgan fingerprint density at radius 1 is 1.11 bits per heavy atom. The van der Waals surface area contributed by atoms with Crippen LogP contribution in [0.5, 0.6) is 5.75 Å². The Kier molecular flexibility index (Phi) is 5.35. The van der Waals surface area contributed by atoms with E-state index in [-0.39, 0.29) is 12.5 Å². The van der Waals surface area contributed by atoms with Gasteiger partial charge in [-0.15, -0.1) is 22.7 Å². The fourth-order valence-electron chi connectivity index (χ4n) is 2.79.